The summed E-state index contributed by atoms with van der Waals surface area (Å²) in [5.74, 6) is 0.243. The number of halogens is 2. The third kappa shape index (κ3) is 3.34. The molecule has 5 heteroatoms. The van der Waals surface area contributed by atoms with Gasteiger partial charge in [0, 0.05) is 32.6 Å². The molecule has 104 valence electrons. The second-order valence-corrected chi connectivity index (χ2v) is 5.50. The van der Waals surface area contributed by atoms with E-state index >= 15 is 0 Å². The number of carbonyl (C=O) groups is 1. The lowest BCUT2D eigenvalue weighted by Crippen LogP contribution is -2.48. The zero-order chi connectivity index (χ0) is 13.8. The normalized spacial score (nSPS) is 15.7. The van der Waals surface area contributed by atoms with Crippen molar-refractivity contribution in [2.45, 2.75) is 19.8 Å². The predicted octanol–water partition coefficient (Wildman–Crippen LogP) is 3.44. The molecule has 1 aliphatic rings. The third-order valence-electron chi connectivity index (χ3n) is 3.35. The summed E-state index contributed by atoms with van der Waals surface area (Å²) in [4.78, 5) is 15.9. The molecule has 1 aliphatic heterocycles. The Balaban J connectivity index is 2.02. The van der Waals surface area contributed by atoms with Crippen LogP contribution in [0, 0.1) is 0 Å². The standard InChI is InChI=1S/C14H18Cl2N2O/c1-2-4-13(19)17-7-9-18(10-8-17)14-11(15)5-3-6-12(14)16/h3,5-6H,2,4,7-10H2,1H3. The minimum atomic E-state index is 0.243. The first-order valence-corrected chi connectivity index (χ1v) is 7.35. The highest BCUT2D eigenvalue weighted by Gasteiger charge is 2.23. The number of benzene rings is 1. The van der Waals surface area contributed by atoms with Crippen LogP contribution >= 0.6 is 23.2 Å². The molecular weight excluding hydrogens is 283 g/mol. The Morgan fingerprint density at radius 3 is 2.26 bits per heavy atom. The monoisotopic (exact) mass is 300 g/mol. The second kappa shape index (κ2) is 6.49. The first-order chi connectivity index (χ1) is 9.13. The average molecular weight is 301 g/mol. The molecule has 0 saturated carbocycles. The maximum atomic E-state index is 11.8. The van der Waals surface area contributed by atoms with Gasteiger partial charge in [-0.05, 0) is 18.6 Å². The van der Waals surface area contributed by atoms with Gasteiger partial charge in [-0.15, -0.1) is 0 Å². The molecule has 0 bridgehead atoms. The minimum Gasteiger partial charge on any atom is -0.366 e. The zero-order valence-electron chi connectivity index (χ0n) is 11.0. The molecule has 0 radical (unpaired) electrons. The van der Waals surface area contributed by atoms with Gasteiger partial charge in [-0.3, -0.25) is 4.79 Å². The van der Waals surface area contributed by atoms with Gasteiger partial charge in [0.2, 0.25) is 5.91 Å². The zero-order valence-corrected chi connectivity index (χ0v) is 12.5. The number of para-hydroxylation sites is 1. The van der Waals surface area contributed by atoms with Gasteiger partial charge < -0.3 is 9.80 Å². The lowest BCUT2D eigenvalue weighted by Gasteiger charge is -2.36. The summed E-state index contributed by atoms with van der Waals surface area (Å²) >= 11 is 12.4. The van der Waals surface area contributed by atoms with Crippen LogP contribution in [0.3, 0.4) is 0 Å². The fourth-order valence-electron chi connectivity index (χ4n) is 2.34. The van der Waals surface area contributed by atoms with Crippen LogP contribution in [-0.4, -0.2) is 37.0 Å². The average Bonchev–Trinajstić information content (AvgIpc) is 2.39. The smallest absolute Gasteiger partial charge is 0.222 e. The maximum Gasteiger partial charge on any atom is 0.222 e. The number of nitrogens with zero attached hydrogens (tertiary/aromatic N) is 2. The van der Waals surface area contributed by atoms with Crippen LogP contribution in [0.4, 0.5) is 5.69 Å². The first kappa shape index (κ1) is 14.5. The van der Waals surface area contributed by atoms with Gasteiger partial charge >= 0.3 is 0 Å². The number of hydrogen-bond acceptors (Lipinski definition) is 2. The van der Waals surface area contributed by atoms with Crippen molar-refractivity contribution in [2.24, 2.45) is 0 Å². The van der Waals surface area contributed by atoms with Crippen LogP contribution in [0.1, 0.15) is 19.8 Å². The molecular formula is C14H18Cl2N2O. The Bertz CT molecular complexity index is 437. The van der Waals surface area contributed by atoms with Gasteiger partial charge in [-0.2, -0.15) is 0 Å². The molecule has 3 nitrogen and oxygen atoms in total. The van der Waals surface area contributed by atoms with Crippen molar-refractivity contribution in [1.82, 2.24) is 4.90 Å². The predicted molar refractivity (Wildman–Crippen MR) is 80.2 cm³/mol. The molecule has 1 aromatic carbocycles. The Kier molecular flexibility index (Phi) is 4.94. The number of hydrogen-bond donors (Lipinski definition) is 0. The molecule has 0 atom stereocenters. The van der Waals surface area contributed by atoms with Gasteiger partial charge in [0.25, 0.3) is 0 Å². The van der Waals surface area contributed by atoms with Crippen molar-refractivity contribution in [3.05, 3.63) is 28.2 Å². The van der Waals surface area contributed by atoms with E-state index in [1.165, 1.54) is 0 Å². The van der Waals surface area contributed by atoms with E-state index in [0.29, 0.717) is 16.5 Å². The van der Waals surface area contributed by atoms with Crippen LogP contribution in [0.15, 0.2) is 18.2 Å². The summed E-state index contributed by atoms with van der Waals surface area (Å²) in [6.45, 7) is 5.05. The van der Waals surface area contributed by atoms with E-state index in [0.717, 1.165) is 38.3 Å². The molecule has 1 heterocycles. The van der Waals surface area contributed by atoms with E-state index < -0.39 is 0 Å². The number of piperazine rings is 1. The van der Waals surface area contributed by atoms with E-state index in [-0.39, 0.29) is 5.91 Å². The maximum absolute atomic E-state index is 11.8. The first-order valence-electron chi connectivity index (χ1n) is 6.60. The van der Waals surface area contributed by atoms with Crippen LogP contribution in [0.2, 0.25) is 10.0 Å². The van der Waals surface area contributed by atoms with E-state index in [4.69, 9.17) is 23.2 Å². The molecule has 1 aromatic rings. The van der Waals surface area contributed by atoms with E-state index in [2.05, 4.69) is 4.90 Å². The van der Waals surface area contributed by atoms with Crippen molar-refractivity contribution in [2.75, 3.05) is 31.1 Å². The molecule has 0 unspecified atom stereocenters. The fraction of sp³-hybridized carbons (Fsp3) is 0.500. The Labute approximate surface area is 124 Å². The lowest BCUT2D eigenvalue weighted by atomic mass is 10.2. The van der Waals surface area contributed by atoms with Crippen LogP contribution < -0.4 is 4.90 Å². The quantitative estimate of drug-likeness (QED) is 0.854. The van der Waals surface area contributed by atoms with Gasteiger partial charge in [0.05, 0.1) is 15.7 Å². The highest BCUT2D eigenvalue weighted by atomic mass is 35.5. The summed E-state index contributed by atoms with van der Waals surface area (Å²) in [7, 11) is 0. The molecule has 0 N–H and O–H groups in total. The number of carbonyl (C=O) groups excluding carboxylic acids is 1. The van der Waals surface area contributed by atoms with Crippen LogP contribution in [0.25, 0.3) is 0 Å². The molecule has 1 saturated heterocycles. The summed E-state index contributed by atoms with van der Waals surface area (Å²) in [6.07, 6.45) is 1.53. The summed E-state index contributed by atoms with van der Waals surface area (Å²) in [5.41, 5.74) is 0.883. The van der Waals surface area contributed by atoms with Crippen molar-refractivity contribution in [1.29, 1.82) is 0 Å². The topological polar surface area (TPSA) is 23.6 Å². The Morgan fingerprint density at radius 2 is 1.74 bits per heavy atom. The van der Waals surface area contributed by atoms with E-state index in [9.17, 15) is 4.79 Å². The molecule has 0 aromatic heterocycles. The highest BCUT2D eigenvalue weighted by Crippen LogP contribution is 2.33. The van der Waals surface area contributed by atoms with Gasteiger partial charge in [-0.1, -0.05) is 36.2 Å². The Morgan fingerprint density at radius 1 is 1.16 bits per heavy atom. The minimum absolute atomic E-state index is 0.243. The van der Waals surface area contributed by atoms with Crippen molar-refractivity contribution >= 4 is 34.8 Å². The summed E-state index contributed by atoms with van der Waals surface area (Å²) in [6, 6.07) is 5.53. The third-order valence-corrected chi connectivity index (χ3v) is 3.96. The van der Waals surface area contributed by atoms with E-state index in [1.54, 1.807) is 0 Å². The van der Waals surface area contributed by atoms with Crippen LogP contribution in [0.5, 0.6) is 0 Å². The second-order valence-electron chi connectivity index (χ2n) is 4.69. The molecule has 19 heavy (non-hydrogen) atoms. The van der Waals surface area contributed by atoms with Crippen LogP contribution in [-0.2, 0) is 4.79 Å². The summed E-state index contributed by atoms with van der Waals surface area (Å²) in [5, 5.41) is 1.33. The number of rotatable bonds is 3. The lowest BCUT2D eigenvalue weighted by molar-refractivity contribution is -0.131. The largest absolute Gasteiger partial charge is 0.366 e. The molecule has 0 aliphatic carbocycles. The number of amides is 1. The fourth-order valence-corrected chi connectivity index (χ4v) is 2.98. The molecule has 0 spiro atoms. The van der Waals surface area contributed by atoms with Crippen molar-refractivity contribution in [3.8, 4) is 0 Å². The van der Waals surface area contributed by atoms with Gasteiger partial charge in [0.1, 0.15) is 0 Å². The highest BCUT2D eigenvalue weighted by molar-refractivity contribution is 6.39. The number of anilines is 1. The van der Waals surface area contributed by atoms with Gasteiger partial charge in [0.15, 0.2) is 0 Å². The Hall–Kier alpha value is -0.930. The molecule has 2 rings (SSSR count). The van der Waals surface area contributed by atoms with Crippen molar-refractivity contribution < 1.29 is 4.79 Å². The van der Waals surface area contributed by atoms with E-state index in [1.807, 2.05) is 30.0 Å². The molecule has 1 fully saturated rings. The van der Waals surface area contributed by atoms with Crippen molar-refractivity contribution in [3.63, 3.8) is 0 Å². The molecule has 1 amide bonds. The summed E-state index contributed by atoms with van der Waals surface area (Å²) < 4.78 is 0. The van der Waals surface area contributed by atoms with Gasteiger partial charge in [-0.25, -0.2) is 0 Å². The SMILES string of the molecule is CCCC(=O)N1CCN(c2c(Cl)cccc2Cl)CC1.